The Morgan fingerprint density at radius 3 is 2.81 bits per heavy atom. The molecule has 8 nitrogen and oxygen atoms in total. The molecule has 2 aromatic heterocycles. The number of guanidine groups is 1. The summed E-state index contributed by atoms with van der Waals surface area (Å²) in [7, 11) is 3.50. The van der Waals surface area contributed by atoms with Crippen LogP contribution in [0.5, 0.6) is 0 Å². The lowest BCUT2D eigenvalue weighted by molar-refractivity contribution is -0.121. The SMILES string of the molecule is CN=C(NCc1ccnc(-n2ccnc2)c1)N1CCC(CC(=O)NC)CC1. The van der Waals surface area contributed by atoms with Gasteiger partial charge in [0.05, 0.1) is 0 Å². The molecule has 0 aromatic carbocycles. The molecule has 2 aromatic rings. The van der Waals surface area contributed by atoms with Crippen LogP contribution in [0, 0.1) is 5.92 Å². The van der Waals surface area contributed by atoms with Gasteiger partial charge in [-0.15, -0.1) is 0 Å². The summed E-state index contributed by atoms with van der Waals surface area (Å²) in [5, 5.41) is 6.15. The zero-order chi connectivity index (χ0) is 19.1. The molecule has 0 bridgehead atoms. The first-order valence-corrected chi connectivity index (χ1v) is 9.29. The fourth-order valence-corrected chi connectivity index (χ4v) is 3.33. The molecule has 1 aliphatic rings. The molecule has 0 spiro atoms. The number of amides is 1. The second kappa shape index (κ2) is 9.16. The van der Waals surface area contributed by atoms with Crippen molar-refractivity contribution in [1.82, 2.24) is 30.1 Å². The van der Waals surface area contributed by atoms with E-state index in [1.807, 2.05) is 29.9 Å². The number of pyridine rings is 1. The van der Waals surface area contributed by atoms with Gasteiger partial charge in [0.25, 0.3) is 0 Å². The third-order valence-corrected chi connectivity index (χ3v) is 4.91. The molecule has 0 aliphatic carbocycles. The molecule has 0 atom stereocenters. The lowest BCUT2D eigenvalue weighted by atomic mass is 9.93. The van der Waals surface area contributed by atoms with E-state index in [2.05, 4.69) is 30.5 Å². The molecule has 0 saturated carbocycles. The molecule has 1 aliphatic heterocycles. The fraction of sp³-hybridized carbons (Fsp3) is 0.474. The molecule has 1 saturated heterocycles. The number of rotatable bonds is 5. The number of likely N-dealkylation sites (tertiary alicyclic amines) is 1. The van der Waals surface area contributed by atoms with Crippen LogP contribution < -0.4 is 10.6 Å². The summed E-state index contributed by atoms with van der Waals surface area (Å²) >= 11 is 0. The number of nitrogens with one attached hydrogen (secondary N) is 2. The molecule has 0 unspecified atom stereocenters. The predicted molar refractivity (Wildman–Crippen MR) is 105 cm³/mol. The number of piperidine rings is 1. The van der Waals surface area contributed by atoms with Crippen LogP contribution in [0.4, 0.5) is 0 Å². The maximum atomic E-state index is 11.6. The van der Waals surface area contributed by atoms with Gasteiger partial charge in [-0.1, -0.05) is 0 Å². The van der Waals surface area contributed by atoms with Crippen molar-refractivity contribution in [2.45, 2.75) is 25.8 Å². The van der Waals surface area contributed by atoms with E-state index >= 15 is 0 Å². The highest BCUT2D eigenvalue weighted by Crippen LogP contribution is 2.20. The Balaban J connectivity index is 1.53. The van der Waals surface area contributed by atoms with Gasteiger partial charge in [-0.2, -0.15) is 0 Å². The van der Waals surface area contributed by atoms with Gasteiger partial charge in [0.1, 0.15) is 12.1 Å². The van der Waals surface area contributed by atoms with E-state index < -0.39 is 0 Å². The van der Waals surface area contributed by atoms with E-state index in [1.165, 1.54) is 0 Å². The Labute approximate surface area is 159 Å². The molecule has 1 amide bonds. The van der Waals surface area contributed by atoms with E-state index in [0.29, 0.717) is 18.9 Å². The normalized spacial score (nSPS) is 15.6. The molecule has 2 N–H and O–H groups in total. The molecule has 3 heterocycles. The zero-order valence-electron chi connectivity index (χ0n) is 15.9. The van der Waals surface area contributed by atoms with Crippen molar-refractivity contribution in [2.24, 2.45) is 10.9 Å². The lowest BCUT2D eigenvalue weighted by Gasteiger charge is -2.34. The summed E-state index contributed by atoms with van der Waals surface area (Å²) in [5.74, 6) is 2.32. The van der Waals surface area contributed by atoms with Crippen LogP contribution in [-0.4, -0.2) is 58.5 Å². The highest BCUT2D eigenvalue weighted by Gasteiger charge is 2.23. The Morgan fingerprint density at radius 1 is 1.33 bits per heavy atom. The van der Waals surface area contributed by atoms with Crippen LogP contribution >= 0.6 is 0 Å². The van der Waals surface area contributed by atoms with Crippen LogP contribution in [-0.2, 0) is 11.3 Å². The monoisotopic (exact) mass is 369 g/mol. The molecule has 27 heavy (non-hydrogen) atoms. The van der Waals surface area contributed by atoms with Gasteiger partial charge in [-0.25, -0.2) is 9.97 Å². The first-order chi connectivity index (χ1) is 13.2. The summed E-state index contributed by atoms with van der Waals surface area (Å²) < 4.78 is 1.88. The van der Waals surface area contributed by atoms with E-state index in [1.54, 1.807) is 25.8 Å². The van der Waals surface area contributed by atoms with E-state index in [9.17, 15) is 4.79 Å². The number of aliphatic imine (C=N–C) groups is 1. The van der Waals surface area contributed by atoms with Gasteiger partial charge in [-0.3, -0.25) is 14.4 Å². The van der Waals surface area contributed by atoms with Crippen molar-refractivity contribution >= 4 is 11.9 Å². The van der Waals surface area contributed by atoms with E-state index in [-0.39, 0.29) is 5.91 Å². The number of hydrogen-bond acceptors (Lipinski definition) is 4. The predicted octanol–water partition coefficient (Wildman–Crippen LogP) is 1.19. The fourth-order valence-electron chi connectivity index (χ4n) is 3.33. The Morgan fingerprint density at radius 2 is 2.15 bits per heavy atom. The van der Waals surface area contributed by atoms with Crippen LogP contribution in [0.15, 0.2) is 42.0 Å². The third kappa shape index (κ3) is 5.06. The molecule has 0 radical (unpaired) electrons. The van der Waals surface area contributed by atoms with Crippen molar-refractivity contribution in [3.63, 3.8) is 0 Å². The van der Waals surface area contributed by atoms with Crippen molar-refractivity contribution in [1.29, 1.82) is 0 Å². The van der Waals surface area contributed by atoms with Crippen molar-refractivity contribution in [2.75, 3.05) is 27.2 Å². The lowest BCUT2D eigenvalue weighted by Crippen LogP contribution is -2.45. The number of carbonyl (C=O) groups is 1. The second-order valence-corrected chi connectivity index (χ2v) is 6.70. The molecule has 144 valence electrons. The van der Waals surface area contributed by atoms with Gasteiger partial charge < -0.3 is 15.5 Å². The van der Waals surface area contributed by atoms with Gasteiger partial charge in [-0.05, 0) is 36.5 Å². The maximum Gasteiger partial charge on any atom is 0.220 e. The maximum absolute atomic E-state index is 11.6. The summed E-state index contributed by atoms with van der Waals surface area (Å²) in [6, 6.07) is 4.04. The summed E-state index contributed by atoms with van der Waals surface area (Å²) in [6.07, 6.45) is 9.79. The standard InChI is InChI=1S/C19H27N7O/c1-20-18(27)12-15-4-8-25(9-5-15)19(21-2)24-13-16-3-6-23-17(11-16)26-10-7-22-14-26/h3,6-7,10-11,14-15H,4-5,8-9,12-13H2,1-2H3,(H,20,27)(H,21,24). The summed E-state index contributed by atoms with van der Waals surface area (Å²) in [5.41, 5.74) is 1.13. The van der Waals surface area contributed by atoms with Crippen molar-refractivity contribution < 1.29 is 4.79 Å². The van der Waals surface area contributed by atoms with Crippen LogP contribution in [0.1, 0.15) is 24.8 Å². The molecular formula is C19H27N7O. The third-order valence-electron chi connectivity index (χ3n) is 4.91. The number of nitrogens with zero attached hydrogens (tertiary/aromatic N) is 5. The number of carbonyl (C=O) groups excluding carboxylic acids is 1. The summed E-state index contributed by atoms with van der Waals surface area (Å²) in [4.78, 5) is 26.7. The van der Waals surface area contributed by atoms with Crippen LogP contribution in [0.2, 0.25) is 0 Å². The van der Waals surface area contributed by atoms with Gasteiger partial charge in [0.2, 0.25) is 5.91 Å². The highest BCUT2D eigenvalue weighted by molar-refractivity contribution is 5.80. The van der Waals surface area contributed by atoms with Gasteiger partial charge >= 0.3 is 0 Å². The Kier molecular flexibility index (Phi) is 6.40. The van der Waals surface area contributed by atoms with Gasteiger partial charge in [0.15, 0.2) is 5.96 Å². The smallest absolute Gasteiger partial charge is 0.220 e. The minimum absolute atomic E-state index is 0.127. The molecule has 3 rings (SSSR count). The van der Waals surface area contributed by atoms with Crippen LogP contribution in [0.3, 0.4) is 0 Å². The zero-order valence-corrected chi connectivity index (χ0v) is 15.9. The van der Waals surface area contributed by atoms with Crippen LogP contribution in [0.25, 0.3) is 5.82 Å². The number of aromatic nitrogens is 3. The van der Waals surface area contributed by atoms with Crippen molar-refractivity contribution in [3.8, 4) is 5.82 Å². The van der Waals surface area contributed by atoms with E-state index in [4.69, 9.17) is 0 Å². The quantitative estimate of drug-likeness (QED) is 0.611. The average molecular weight is 369 g/mol. The largest absolute Gasteiger partial charge is 0.359 e. The number of imidazole rings is 1. The number of hydrogen-bond donors (Lipinski definition) is 2. The first-order valence-electron chi connectivity index (χ1n) is 9.29. The average Bonchev–Trinajstić information content (AvgIpc) is 3.24. The molecule has 1 fully saturated rings. The molecular weight excluding hydrogens is 342 g/mol. The van der Waals surface area contributed by atoms with Gasteiger partial charge in [0, 0.05) is 58.7 Å². The first kappa shape index (κ1) is 18.9. The highest BCUT2D eigenvalue weighted by atomic mass is 16.1. The summed E-state index contributed by atoms with van der Waals surface area (Å²) in [6.45, 7) is 2.50. The topological polar surface area (TPSA) is 87.4 Å². The Bertz CT molecular complexity index is 764. The second-order valence-electron chi connectivity index (χ2n) is 6.70. The molecule has 8 heteroatoms. The van der Waals surface area contributed by atoms with E-state index in [0.717, 1.165) is 43.3 Å². The minimum Gasteiger partial charge on any atom is -0.359 e. The van der Waals surface area contributed by atoms with Crippen molar-refractivity contribution in [3.05, 3.63) is 42.6 Å². The Hall–Kier alpha value is -2.90. The minimum atomic E-state index is 0.127.